The van der Waals surface area contributed by atoms with Gasteiger partial charge in [0.1, 0.15) is 0 Å². The molecule has 2 nitrogen and oxygen atoms in total. The summed E-state index contributed by atoms with van der Waals surface area (Å²) in [7, 11) is 0. The van der Waals surface area contributed by atoms with Crippen molar-refractivity contribution < 1.29 is 0 Å². The fourth-order valence-corrected chi connectivity index (χ4v) is 13.6. The van der Waals surface area contributed by atoms with Crippen molar-refractivity contribution in [1.82, 2.24) is 9.13 Å². The fourth-order valence-electron chi connectivity index (χ4n) is 13.6. The van der Waals surface area contributed by atoms with Crippen molar-refractivity contribution in [2.75, 3.05) is 0 Å². The lowest BCUT2D eigenvalue weighted by molar-refractivity contribution is 0.769. The number of aromatic nitrogens is 2. The van der Waals surface area contributed by atoms with Gasteiger partial charge in [0.15, 0.2) is 0 Å². The summed E-state index contributed by atoms with van der Waals surface area (Å²) in [6.07, 6.45) is 0. The van der Waals surface area contributed by atoms with Crippen molar-refractivity contribution in [3.05, 3.63) is 338 Å². The third-order valence-corrected chi connectivity index (χ3v) is 17.2. The van der Waals surface area contributed by atoms with Gasteiger partial charge < -0.3 is 9.13 Å². The van der Waals surface area contributed by atoms with E-state index in [4.69, 9.17) is 0 Å². The first kappa shape index (κ1) is 46.5. The molecule has 378 valence electrons. The Balaban J connectivity index is 0.703. The maximum atomic E-state index is 2.44. The highest BCUT2D eigenvalue weighted by molar-refractivity contribution is 6.13. The molecule has 0 N–H and O–H groups in total. The minimum Gasteiger partial charge on any atom is -0.309 e. The summed E-state index contributed by atoms with van der Waals surface area (Å²) in [5, 5.41) is 4.95. The van der Waals surface area contributed by atoms with Crippen molar-refractivity contribution in [3.63, 3.8) is 0 Å². The van der Waals surface area contributed by atoms with Gasteiger partial charge in [-0.25, -0.2) is 0 Å². The van der Waals surface area contributed by atoms with Gasteiger partial charge in [-0.05, 0) is 144 Å². The Kier molecular flexibility index (Phi) is 10.8. The van der Waals surface area contributed by atoms with Gasteiger partial charge in [-0.2, -0.15) is 0 Å². The number of hydrogen-bond donors (Lipinski definition) is 0. The van der Waals surface area contributed by atoms with Gasteiger partial charge in [0, 0.05) is 32.8 Å². The van der Waals surface area contributed by atoms with Crippen LogP contribution < -0.4 is 0 Å². The molecule has 1 aliphatic carbocycles. The predicted octanol–water partition coefficient (Wildman–Crippen LogP) is 20.6. The van der Waals surface area contributed by atoms with Crippen molar-refractivity contribution in [2.24, 2.45) is 0 Å². The van der Waals surface area contributed by atoms with Crippen LogP contribution in [0.5, 0.6) is 0 Å². The minimum absolute atomic E-state index is 0.431. The van der Waals surface area contributed by atoms with Crippen LogP contribution in [0, 0.1) is 0 Å². The molecule has 15 aromatic rings. The number of hydrogen-bond acceptors (Lipinski definition) is 0. The Labute approximate surface area is 471 Å². The first-order valence-corrected chi connectivity index (χ1v) is 28.1. The summed E-state index contributed by atoms with van der Waals surface area (Å²) in [6, 6.07) is 116. The summed E-state index contributed by atoms with van der Waals surface area (Å²) < 4.78 is 4.86. The van der Waals surface area contributed by atoms with E-state index >= 15 is 0 Å². The maximum absolute atomic E-state index is 2.44. The quantitative estimate of drug-likeness (QED) is 0.136. The summed E-state index contributed by atoms with van der Waals surface area (Å²) in [5.74, 6) is 0. The molecule has 0 saturated heterocycles. The topological polar surface area (TPSA) is 9.86 Å². The monoisotopic (exact) mass is 1030 g/mol. The van der Waals surface area contributed by atoms with Gasteiger partial charge in [-0.1, -0.05) is 255 Å². The van der Waals surface area contributed by atoms with Crippen LogP contribution in [0.4, 0.5) is 0 Å². The molecule has 0 aliphatic heterocycles. The molecular weight excluding hydrogens is 977 g/mol. The van der Waals surface area contributed by atoms with E-state index in [2.05, 4.69) is 325 Å². The summed E-state index contributed by atoms with van der Waals surface area (Å²) >= 11 is 0. The first-order chi connectivity index (χ1) is 40.2. The highest BCUT2D eigenvalue weighted by atomic mass is 15.0. The lowest BCUT2D eigenvalue weighted by atomic mass is 9.67. The molecule has 0 bridgehead atoms. The SMILES string of the molecule is c1ccc(-c2ccccc2-n2c3ccccc3c3cc(-c4ccc5c(c4)c4ccccc4n5-c4cccc(-c5ccc(-c6ccc(-c7cccc(C8(c9ccccc9)c9ccccc9-c9ccccc98)c7)cc6)cc5)c4)ccc32)cc1. The molecule has 1 aliphatic rings. The number of rotatable bonds is 9. The summed E-state index contributed by atoms with van der Waals surface area (Å²) in [6.45, 7) is 0. The van der Waals surface area contributed by atoms with E-state index in [1.54, 1.807) is 0 Å². The molecule has 0 spiro atoms. The van der Waals surface area contributed by atoms with Crippen LogP contribution in [0.1, 0.15) is 22.3 Å². The Morgan fingerprint density at radius 1 is 0.210 bits per heavy atom. The van der Waals surface area contributed by atoms with Crippen molar-refractivity contribution in [2.45, 2.75) is 5.41 Å². The molecule has 2 aromatic heterocycles. The lowest BCUT2D eigenvalue weighted by Gasteiger charge is -2.34. The number of benzene rings is 13. The largest absolute Gasteiger partial charge is 0.309 e. The van der Waals surface area contributed by atoms with E-state index in [-0.39, 0.29) is 0 Å². The lowest BCUT2D eigenvalue weighted by Crippen LogP contribution is -2.28. The zero-order valence-electron chi connectivity index (χ0n) is 44.4. The summed E-state index contributed by atoms with van der Waals surface area (Å²) in [4.78, 5) is 0. The molecular formula is C79H52N2. The smallest absolute Gasteiger partial charge is 0.0713 e. The van der Waals surface area contributed by atoms with Crippen LogP contribution in [0.3, 0.4) is 0 Å². The molecule has 2 heterocycles. The van der Waals surface area contributed by atoms with E-state index in [9.17, 15) is 0 Å². The zero-order chi connectivity index (χ0) is 53.4. The van der Waals surface area contributed by atoms with Crippen LogP contribution >= 0.6 is 0 Å². The fraction of sp³-hybridized carbons (Fsp3) is 0.0127. The predicted molar refractivity (Wildman–Crippen MR) is 340 cm³/mol. The molecule has 0 unspecified atom stereocenters. The van der Waals surface area contributed by atoms with E-state index in [1.165, 1.54) is 138 Å². The van der Waals surface area contributed by atoms with Crippen molar-refractivity contribution in [1.29, 1.82) is 0 Å². The van der Waals surface area contributed by atoms with Crippen LogP contribution in [-0.2, 0) is 5.41 Å². The standard InChI is InChI=1S/C79H52N2/c1-3-19-57(20-4-1)65-27-9-14-34-74(65)81-76-36-16-11-31-69(76)71-52-61(46-48-78(71)81)60-45-47-77-70(51-60)68-30-10-15-35-75(68)80(77)64-26-18-22-59(50-64)56-43-39-54(40-44-56)53-37-41-55(42-38-53)58-21-17-25-63(49-58)79(62-23-5-2-6-24-62)72-32-12-7-28-66(72)67-29-8-13-33-73(67)79/h1-52H. The average Bonchev–Trinajstić information content (AvgIpc) is 4.38. The van der Waals surface area contributed by atoms with Gasteiger partial charge in [0.25, 0.3) is 0 Å². The molecule has 16 rings (SSSR count). The minimum atomic E-state index is -0.431. The zero-order valence-corrected chi connectivity index (χ0v) is 44.4. The second-order valence-electron chi connectivity index (χ2n) is 21.5. The van der Waals surface area contributed by atoms with Gasteiger partial charge in [0.2, 0.25) is 0 Å². The third-order valence-electron chi connectivity index (χ3n) is 17.2. The highest BCUT2D eigenvalue weighted by Gasteiger charge is 2.46. The normalized spacial score (nSPS) is 12.5. The van der Waals surface area contributed by atoms with Crippen molar-refractivity contribution >= 4 is 43.6 Å². The second kappa shape index (κ2) is 18.8. The molecule has 0 radical (unpaired) electrons. The van der Waals surface area contributed by atoms with Gasteiger partial charge in [-0.3, -0.25) is 0 Å². The first-order valence-electron chi connectivity index (χ1n) is 28.1. The third kappa shape index (κ3) is 7.42. The van der Waals surface area contributed by atoms with Crippen molar-refractivity contribution in [3.8, 4) is 78.1 Å². The average molecular weight is 1030 g/mol. The maximum Gasteiger partial charge on any atom is 0.0713 e. The second-order valence-corrected chi connectivity index (χ2v) is 21.5. The van der Waals surface area contributed by atoms with E-state index in [0.717, 1.165) is 5.69 Å². The van der Waals surface area contributed by atoms with E-state index in [0.29, 0.717) is 0 Å². The van der Waals surface area contributed by atoms with Gasteiger partial charge in [-0.15, -0.1) is 0 Å². The Morgan fingerprint density at radius 2 is 0.605 bits per heavy atom. The molecule has 0 amide bonds. The number of para-hydroxylation sites is 3. The molecule has 13 aromatic carbocycles. The molecule has 2 heteroatoms. The Hall–Kier alpha value is -10.5. The Morgan fingerprint density at radius 3 is 1.21 bits per heavy atom. The number of fused-ring (bicyclic) bond motifs is 9. The molecule has 0 saturated carbocycles. The Bertz CT molecular complexity index is 4860. The molecule has 81 heavy (non-hydrogen) atoms. The highest BCUT2D eigenvalue weighted by Crippen LogP contribution is 2.56. The molecule has 0 atom stereocenters. The molecule has 0 fully saturated rings. The van der Waals surface area contributed by atoms with Gasteiger partial charge >= 0.3 is 0 Å². The van der Waals surface area contributed by atoms with E-state index < -0.39 is 5.41 Å². The van der Waals surface area contributed by atoms with E-state index in [1.807, 2.05) is 0 Å². The van der Waals surface area contributed by atoms with Gasteiger partial charge in [0.05, 0.1) is 33.2 Å². The van der Waals surface area contributed by atoms with Crippen LogP contribution in [0.15, 0.2) is 315 Å². The van der Waals surface area contributed by atoms with Crippen LogP contribution in [0.2, 0.25) is 0 Å². The number of nitrogens with zero attached hydrogens (tertiary/aromatic N) is 2. The summed E-state index contributed by atoms with van der Waals surface area (Å²) in [5.41, 5.74) is 26.4. The van der Waals surface area contributed by atoms with Crippen LogP contribution in [-0.4, -0.2) is 9.13 Å². The van der Waals surface area contributed by atoms with Crippen LogP contribution in [0.25, 0.3) is 122 Å².